The fourth-order valence-corrected chi connectivity index (χ4v) is 3.28. The predicted octanol–water partition coefficient (Wildman–Crippen LogP) is 3.85. The Kier molecular flexibility index (Phi) is 3.95. The van der Waals surface area contributed by atoms with Crippen LogP contribution in [-0.2, 0) is 26.8 Å². The van der Waals surface area contributed by atoms with Crippen LogP contribution in [-0.4, -0.2) is 23.8 Å². The largest absolute Gasteiger partial charge is 0.507 e. The zero-order valence-corrected chi connectivity index (χ0v) is 15.5. The standard InChI is InChI=1S/C19H28O4/c1-17(2,3)12-9-13-11(14(15(12)20)18(4,5)6)10-19(7,23-13)16(21)22-8/h9,20H,10H2,1-8H3. The molecule has 0 saturated heterocycles. The number of phenolic OH excluding ortho intramolecular Hbond substituents is 1. The highest BCUT2D eigenvalue weighted by molar-refractivity contribution is 5.82. The topological polar surface area (TPSA) is 55.8 Å². The van der Waals surface area contributed by atoms with Crippen LogP contribution in [0.2, 0.25) is 0 Å². The van der Waals surface area contributed by atoms with Crippen molar-refractivity contribution in [2.24, 2.45) is 0 Å². The molecule has 128 valence electrons. The minimum absolute atomic E-state index is 0.229. The molecule has 0 aliphatic carbocycles. The molecule has 0 amide bonds. The van der Waals surface area contributed by atoms with Crippen molar-refractivity contribution in [2.45, 2.75) is 71.3 Å². The van der Waals surface area contributed by atoms with Gasteiger partial charge in [0, 0.05) is 23.1 Å². The Morgan fingerprint density at radius 2 is 1.78 bits per heavy atom. The van der Waals surface area contributed by atoms with Gasteiger partial charge in [-0.15, -0.1) is 0 Å². The average Bonchev–Trinajstić information content (AvgIpc) is 2.71. The lowest BCUT2D eigenvalue weighted by Gasteiger charge is -2.29. The molecule has 0 radical (unpaired) electrons. The number of aromatic hydroxyl groups is 1. The van der Waals surface area contributed by atoms with Crippen LogP contribution in [0.3, 0.4) is 0 Å². The maximum atomic E-state index is 12.1. The number of ether oxygens (including phenoxy) is 2. The molecule has 1 N–H and O–H groups in total. The van der Waals surface area contributed by atoms with Crippen LogP contribution in [0.15, 0.2) is 6.07 Å². The Balaban J connectivity index is 2.72. The number of fused-ring (bicyclic) bond motifs is 1. The minimum atomic E-state index is -1.04. The van der Waals surface area contributed by atoms with Gasteiger partial charge >= 0.3 is 5.97 Å². The summed E-state index contributed by atoms with van der Waals surface area (Å²) in [4.78, 5) is 12.1. The van der Waals surface area contributed by atoms with E-state index in [4.69, 9.17) is 9.47 Å². The fourth-order valence-electron chi connectivity index (χ4n) is 3.28. The number of esters is 1. The Hall–Kier alpha value is -1.71. The normalized spacial score (nSPS) is 20.9. The molecule has 1 unspecified atom stereocenters. The molecule has 1 aliphatic rings. The molecule has 4 nitrogen and oxygen atoms in total. The maximum absolute atomic E-state index is 12.1. The van der Waals surface area contributed by atoms with E-state index in [1.54, 1.807) is 6.92 Å². The van der Waals surface area contributed by atoms with Gasteiger partial charge in [-0.1, -0.05) is 41.5 Å². The van der Waals surface area contributed by atoms with E-state index in [1.165, 1.54) is 7.11 Å². The molecule has 0 fully saturated rings. The van der Waals surface area contributed by atoms with Gasteiger partial charge in [-0.05, 0) is 23.8 Å². The number of carbonyl (C=O) groups is 1. The van der Waals surface area contributed by atoms with E-state index in [-0.39, 0.29) is 10.8 Å². The van der Waals surface area contributed by atoms with Crippen LogP contribution in [0.5, 0.6) is 11.5 Å². The van der Waals surface area contributed by atoms with Gasteiger partial charge < -0.3 is 14.6 Å². The van der Waals surface area contributed by atoms with Crippen molar-refractivity contribution in [1.29, 1.82) is 0 Å². The van der Waals surface area contributed by atoms with Crippen LogP contribution in [0.25, 0.3) is 0 Å². The van der Waals surface area contributed by atoms with Crippen molar-refractivity contribution in [3.8, 4) is 11.5 Å². The van der Waals surface area contributed by atoms with Crippen molar-refractivity contribution in [3.05, 3.63) is 22.8 Å². The summed E-state index contributed by atoms with van der Waals surface area (Å²) in [6.45, 7) is 14.1. The molecule has 1 atom stereocenters. The number of phenols is 1. The third-order valence-electron chi connectivity index (χ3n) is 4.39. The highest BCUT2D eigenvalue weighted by Crippen LogP contribution is 2.49. The van der Waals surface area contributed by atoms with Crippen molar-refractivity contribution >= 4 is 5.97 Å². The molecule has 2 rings (SSSR count). The fraction of sp³-hybridized carbons (Fsp3) is 0.632. The van der Waals surface area contributed by atoms with Gasteiger partial charge in [0.15, 0.2) is 0 Å². The third-order valence-corrected chi connectivity index (χ3v) is 4.39. The van der Waals surface area contributed by atoms with Gasteiger partial charge in [0.1, 0.15) is 11.5 Å². The van der Waals surface area contributed by atoms with Crippen molar-refractivity contribution < 1.29 is 19.4 Å². The number of rotatable bonds is 1. The van der Waals surface area contributed by atoms with Crippen molar-refractivity contribution in [2.75, 3.05) is 7.11 Å². The summed E-state index contributed by atoms with van der Waals surface area (Å²) in [7, 11) is 1.36. The third kappa shape index (κ3) is 2.91. The van der Waals surface area contributed by atoms with Gasteiger partial charge in [0.25, 0.3) is 0 Å². The zero-order chi connectivity index (χ0) is 17.8. The highest BCUT2D eigenvalue weighted by Gasteiger charge is 2.46. The summed E-state index contributed by atoms with van der Waals surface area (Å²) >= 11 is 0. The van der Waals surface area contributed by atoms with Gasteiger partial charge in [0.2, 0.25) is 5.60 Å². The minimum Gasteiger partial charge on any atom is -0.507 e. The van der Waals surface area contributed by atoms with E-state index in [9.17, 15) is 9.90 Å². The monoisotopic (exact) mass is 320 g/mol. The second-order valence-corrected chi connectivity index (χ2v) is 8.63. The first-order valence-electron chi connectivity index (χ1n) is 7.98. The molecule has 1 aromatic rings. The van der Waals surface area contributed by atoms with E-state index < -0.39 is 11.6 Å². The molecule has 1 aromatic carbocycles. The van der Waals surface area contributed by atoms with Gasteiger partial charge in [-0.25, -0.2) is 4.79 Å². The highest BCUT2D eigenvalue weighted by atomic mass is 16.6. The quantitative estimate of drug-likeness (QED) is 0.799. The van der Waals surface area contributed by atoms with Crippen LogP contribution in [0.1, 0.15) is 65.2 Å². The Morgan fingerprint density at radius 1 is 1.22 bits per heavy atom. The van der Waals surface area contributed by atoms with E-state index in [1.807, 2.05) is 6.07 Å². The molecule has 1 heterocycles. The van der Waals surface area contributed by atoms with E-state index in [0.29, 0.717) is 17.9 Å². The first kappa shape index (κ1) is 17.6. The number of hydrogen-bond donors (Lipinski definition) is 1. The first-order chi connectivity index (χ1) is 10.3. The number of benzene rings is 1. The van der Waals surface area contributed by atoms with E-state index >= 15 is 0 Å². The van der Waals surface area contributed by atoms with Crippen molar-refractivity contribution in [3.63, 3.8) is 0 Å². The lowest BCUT2D eigenvalue weighted by Crippen LogP contribution is -2.41. The lowest BCUT2D eigenvalue weighted by molar-refractivity contribution is -0.156. The number of hydrogen-bond acceptors (Lipinski definition) is 4. The van der Waals surface area contributed by atoms with E-state index in [0.717, 1.165) is 16.7 Å². The van der Waals surface area contributed by atoms with Crippen molar-refractivity contribution in [1.82, 2.24) is 0 Å². The number of carbonyl (C=O) groups excluding carboxylic acids is 1. The van der Waals surface area contributed by atoms with E-state index in [2.05, 4.69) is 41.5 Å². The Morgan fingerprint density at radius 3 is 2.22 bits per heavy atom. The van der Waals surface area contributed by atoms with Gasteiger partial charge in [-0.2, -0.15) is 0 Å². The second-order valence-electron chi connectivity index (χ2n) is 8.63. The molecule has 0 saturated carbocycles. The summed E-state index contributed by atoms with van der Waals surface area (Å²) < 4.78 is 10.9. The molecule has 23 heavy (non-hydrogen) atoms. The van der Waals surface area contributed by atoms with Crippen LogP contribution < -0.4 is 4.74 Å². The summed E-state index contributed by atoms with van der Waals surface area (Å²) in [5, 5.41) is 10.9. The lowest BCUT2D eigenvalue weighted by atomic mass is 9.76. The SMILES string of the molecule is COC(=O)C1(C)Cc2c(cc(C(C)(C)C)c(O)c2C(C)(C)C)O1. The summed E-state index contributed by atoms with van der Waals surface area (Å²) in [6.07, 6.45) is 0.402. The Labute approximate surface area is 138 Å². The maximum Gasteiger partial charge on any atom is 0.350 e. The average molecular weight is 320 g/mol. The molecular weight excluding hydrogens is 292 g/mol. The van der Waals surface area contributed by atoms with Crippen LogP contribution in [0.4, 0.5) is 0 Å². The van der Waals surface area contributed by atoms with Gasteiger partial charge in [-0.3, -0.25) is 0 Å². The first-order valence-corrected chi connectivity index (χ1v) is 7.98. The summed E-state index contributed by atoms with van der Waals surface area (Å²) in [6, 6.07) is 1.87. The molecule has 1 aliphatic heterocycles. The van der Waals surface area contributed by atoms with Gasteiger partial charge in [0.05, 0.1) is 7.11 Å². The van der Waals surface area contributed by atoms with Crippen LogP contribution >= 0.6 is 0 Å². The number of methoxy groups -OCH3 is 1. The molecular formula is C19H28O4. The zero-order valence-electron chi connectivity index (χ0n) is 15.5. The second kappa shape index (κ2) is 5.15. The molecule has 0 bridgehead atoms. The molecule has 0 aromatic heterocycles. The smallest absolute Gasteiger partial charge is 0.350 e. The summed E-state index contributed by atoms with van der Waals surface area (Å²) in [5.41, 5.74) is 1.05. The Bertz CT molecular complexity index is 647. The predicted molar refractivity (Wildman–Crippen MR) is 90.3 cm³/mol. The molecule has 4 heteroatoms. The summed E-state index contributed by atoms with van der Waals surface area (Å²) in [5.74, 6) is 0.581. The molecule has 0 spiro atoms. The van der Waals surface area contributed by atoms with Crippen LogP contribution in [0, 0.1) is 0 Å².